The number of rotatable bonds is 4. The number of anilines is 1. The van der Waals surface area contributed by atoms with Gasteiger partial charge in [-0.05, 0) is 25.5 Å². The molecule has 0 unspecified atom stereocenters. The molecule has 104 valence electrons. The highest BCUT2D eigenvalue weighted by atomic mass is 16.6. The third kappa shape index (κ3) is 2.66. The SMILES string of the molecule is CNc1nc(C)c([N+](=O)[O-])c(Oc2ccccc2C)n1. The fraction of sp³-hybridized carbons (Fsp3) is 0.231. The number of hydrogen-bond donors (Lipinski definition) is 1. The first-order valence-electron chi connectivity index (χ1n) is 5.97. The Bertz CT molecular complexity index is 658. The van der Waals surface area contributed by atoms with Gasteiger partial charge < -0.3 is 10.1 Å². The van der Waals surface area contributed by atoms with Crippen LogP contribution in [0.15, 0.2) is 24.3 Å². The third-order valence-corrected chi connectivity index (χ3v) is 2.73. The van der Waals surface area contributed by atoms with E-state index in [1.165, 1.54) is 0 Å². The highest BCUT2D eigenvalue weighted by Gasteiger charge is 2.24. The van der Waals surface area contributed by atoms with E-state index in [9.17, 15) is 10.1 Å². The van der Waals surface area contributed by atoms with Crippen LogP contribution in [-0.2, 0) is 0 Å². The van der Waals surface area contributed by atoms with Crippen molar-refractivity contribution in [1.29, 1.82) is 0 Å². The zero-order valence-electron chi connectivity index (χ0n) is 11.4. The molecule has 0 atom stereocenters. The zero-order valence-corrected chi connectivity index (χ0v) is 11.4. The molecule has 0 aliphatic rings. The molecule has 0 aliphatic heterocycles. The summed E-state index contributed by atoms with van der Waals surface area (Å²) >= 11 is 0. The number of benzene rings is 1. The van der Waals surface area contributed by atoms with Crippen molar-refractivity contribution in [3.8, 4) is 11.6 Å². The van der Waals surface area contributed by atoms with Crippen LogP contribution in [0.4, 0.5) is 11.6 Å². The minimum Gasteiger partial charge on any atom is -0.433 e. The average Bonchev–Trinajstić information content (AvgIpc) is 2.40. The molecule has 20 heavy (non-hydrogen) atoms. The smallest absolute Gasteiger partial charge is 0.352 e. The number of para-hydroxylation sites is 1. The van der Waals surface area contributed by atoms with Crippen LogP contribution in [0.5, 0.6) is 11.6 Å². The summed E-state index contributed by atoms with van der Waals surface area (Å²) in [5, 5.41) is 13.9. The lowest BCUT2D eigenvalue weighted by molar-refractivity contribution is -0.386. The van der Waals surface area contributed by atoms with Crippen molar-refractivity contribution in [2.24, 2.45) is 0 Å². The molecule has 1 aromatic heterocycles. The maximum Gasteiger partial charge on any atom is 0.352 e. The van der Waals surface area contributed by atoms with E-state index in [0.29, 0.717) is 5.75 Å². The molecule has 2 rings (SSSR count). The number of ether oxygens (including phenoxy) is 1. The first-order chi connectivity index (χ1) is 9.52. The number of nitrogens with one attached hydrogen (secondary N) is 1. The standard InChI is InChI=1S/C13H14N4O3/c1-8-6-4-5-7-10(8)20-12-11(17(18)19)9(2)15-13(14-3)16-12/h4-7H,1-3H3,(H,14,15,16). The lowest BCUT2D eigenvalue weighted by Gasteiger charge is -2.10. The first-order valence-corrected chi connectivity index (χ1v) is 5.97. The van der Waals surface area contributed by atoms with E-state index in [-0.39, 0.29) is 23.2 Å². The Labute approximate surface area is 115 Å². The van der Waals surface area contributed by atoms with Crippen LogP contribution in [0.1, 0.15) is 11.3 Å². The van der Waals surface area contributed by atoms with E-state index in [0.717, 1.165) is 5.56 Å². The summed E-state index contributed by atoms with van der Waals surface area (Å²) in [5.74, 6) is 0.730. The Balaban J connectivity index is 2.52. The summed E-state index contributed by atoms with van der Waals surface area (Å²) in [6.07, 6.45) is 0. The van der Waals surface area contributed by atoms with Crippen LogP contribution in [-0.4, -0.2) is 21.9 Å². The van der Waals surface area contributed by atoms with Gasteiger partial charge in [0.25, 0.3) is 0 Å². The van der Waals surface area contributed by atoms with Crippen LogP contribution < -0.4 is 10.1 Å². The van der Waals surface area contributed by atoms with Gasteiger partial charge in [0.15, 0.2) is 0 Å². The van der Waals surface area contributed by atoms with Crippen LogP contribution in [0, 0.1) is 24.0 Å². The molecule has 1 N–H and O–H groups in total. The summed E-state index contributed by atoms with van der Waals surface area (Å²) in [5.41, 5.74) is 0.884. The molecule has 0 spiro atoms. The first kappa shape index (κ1) is 13.7. The monoisotopic (exact) mass is 274 g/mol. The Hall–Kier alpha value is -2.70. The fourth-order valence-electron chi connectivity index (χ4n) is 1.71. The highest BCUT2D eigenvalue weighted by molar-refractivity contribution is 5.51. The van der Waals surface area contributed by atoms with Crippen molar-refractivity contribution in [3.63, 3.8) is 0 Å². The number of nitrogens with zero attached hydrogens (tertiary/aromatic N) is 3. The van der Waals surface area contributed by atoms with Crippen molar-refractivity contribution in [2.45, 2.75) is 13.8 Å². The maximum absolute atomic E-state index is 11.1. The molecule has 2 aromatic rings. The number of aryl methyl sites for hydroxylation is 2. The molecule has 0 bridgehead atoms. The Morgan fingerprint density at radius 1 is 1.25 bits per heavy atom. The molecule has 0 radical (unpaired) electrons. The Kier molecular flexibility index (Phi) is 3.79. The molecule has 0 saturated carbocycles. The van der Waals surface area contributed by atoms with Crippen molar-refractivity contribution in [3.05, 3.63) is 45.6 Å². The van der Waals surface area contributed by atoms with Crippen molar-refractivity contribution in [2.75, 3.05) is 12.4 Å². The lowest BCUT2D eigenvalue weighted by atomic mass is 10.2. The Morgan fingerprint density at radius 3 is 2.55 bits per heavy atom. The summed E-state index contributed by atoms with van der Waals surface area (Å²) in [4.78, 5) is 18.6. The minimum absolute atomic E-state index is 0.0684. The zero-order chi connectivity index (χ0) is 14.7. The molecule has 0 fully saturated rings. The van der Waals surface area contributed by atoms with Gasteiger partial charge in [-0.3, -0.25) is 10.1 Å². The maximum atomic E-state index is 11.1. The topological polar surface area (TPSA) is 90.2 Å². The minimum atomic E-state index is -0.539. The number of nitro groups is 1. The lowest BCUT2D eigenvalue weighted by Crippen LogP contribution is -2.05. The molecule has 1 heterocycles. The highest BCUT2D eigenvalue weighted by Crippen LogP contribution is 2.33. The molecule has 7 heteroatoms. The molecule has 0 aliphatic carbocycles. The number of aromatic nitrogens is 2. The molecular weight excluding hydrogens is 260 g/mol. The molecule has 1 aromatic carbocycles. The van der Waals surface area contributed by atoms with Gasteiger partial charge in [0.2, 0.25) is 5.95 Å². The molecule has 0 saturated heterocycles. The van der Waals surface area contributed by atoms with Gasteiger partial charge in [0, 0.05) is 7.05 Å². The number of hydrogen-bond acceptors (Lipinski definition) is 6. The van der Waals surface area contributed by atoms with E-state index in [2.05, 4.69) is 15.3 Å². The van der Waals surface area contributed by atoms with Crippen molar-refractivity contribution < 1.29 is 9.66 Å². The van der Waals surface area contributed by atoms with Gasteiger partial charge in [0.05, 0.1) is 4.92 Å². The average molecular weight is 274 g/mol. The van der Waals surface area contributed by atoms with Crippen LogP contribution in [0.25, 0.3) is 0 Å². The summed E-state index contributed by atoms with van der Waals surface area (Å²) in [6.45, 7) is 3.40. The van der Waals surface area contributed by atoms with Gasteiger partial charge in [-0.15, -0.1) is 0 Å². The third-order valence-electron chi connectivity index (χ3n) is 2.73. The molecular formula is C13H14N4O3. The summed E-state index contributed by atoms with van der Waals surface area (Å²) in [7, 11) is 1.64. The van der Waals surface area contributed by atoms with E-state index >= 15 is 0 Å². The van der Waals surface area contributed by atoms with Crippen LogP contribution in [0.2, 0.25) is 0 Å². The van der Waals surface area contributed by atoms with Gasteiger partial charge in [-0.2, -0.15) is 4.98 Å². The van der Waals surface area contributed by atoms with Gasteiger partial charge in [-0.1, -0.05) is 18.2 Å². The predicted molar refractivity (Wildman–Crippen MR) is 74.2 cm³/mol. The van der Waals surface area contributed by atoms with Gasteiger partial charge in [-0.25, -0.2) is 4.98 Å². The fourth-order valence-corrected chi connectivity index (χ4v) is 1.71. The van der Waals surface area contributed by atoms with E-state index in [1.54, 1.807) is 26.1 Å². The van der Waals surface area contributed by atoms with E-state index < -0.39 is 4.92 Å². The van der Waals surface area contributed by atoms with Gasteiger partial charge >= 0.3 is 11.6 Å². The van der Waals surface area contributed by atoms with Crippen LogP contribution in [0.3, 0.4) is 0 Å². The quantitative estimate of drug-likeness (QED) is 0.681. The van der Waals surface area contributed by atoms with Crippen LogP contribution >= 0.6 is 0 Å². The van der Waals surface area contributed by atoms with Crippen molar-refractivity contribution in [1.82, 2.24) is 9.97 Å². The summed E-state index contributed by atoms with van der Waals surface area (Å²) in [6, 6.07) is 7.24. The van der Waals surface area contributed by atoms with Crippen molar-refractivity contribution >= 4 is 11.6 Å². The van der Waals surface area contributed by atoms with Gasteiger partial charge in [0.1, 0.15) is 11.4 Å². The normalized spacial score (nSPS) is 10.2. The second-order valence-electron chi connectivity index (χ2n) is 4.16. The summed E-state index contributed by atoms with van der Waals surface area (Å²) < 4.78 is 5.59. The van der Waals surface area contributed by atoms with E-state index in [4.69, 9.17) is 4.74 Å². The second-order valence-corrected chi connectivity index (χ2v) is 4.16. The Morgan fingerprint density at radius 2 is 1.95 bits per heavy atom. The molecule has 0 amide bonds. The second kappa shape index (κ2) is 5.52. The molecule has 7 nitrogen and oxygen atoms in total. The predicted octanol–water partition coefficient (Wildman–Crippen LogP) is 2.84. The largest absolute Gasteiger partial charge is 0.433 e. The van der Waals surface area contributed by atoms with E-state index in [1.807, 2.05) is 19.1 Å².